The lowest BCUT2D eigenvalue weighted by atomic mass is 9.69. The summed E-state index contributed by atoms with van der Waals surface area (Å²) in [4.78, 5) is 11.6. The molecule has 4 rings (SSSR count). The Labute approximate surface area is 185 Å². The Kier molecular flexibility index (Phi) is 7.11. The van der Waals surface area contributed by atoms with Crippen molar-refractivity contribution in [2.24, 2.45) is 11.8 Å². The van der Waals surface area contributed by atoms with E-state index in [-0.39, 0.29) is 12.3 Å². The van der Waals surface area contributed by atoms with Gasteiger partial charge in [-0.1, -0.05) is 49.3 Å². The van der Waals surface area contributed by atoms with E-state index in [0.29, 0.717) is 31.5 Å². The predicted molar refractivity (Wildman–Crippen MR) is 119 cm³/mol. The van der Waals surface area contributed by atoms with Crippen molar-refractivity contribution >= 4 is 5.97 Å². The molecule has 2 aromatic rings. The second kappa shape index (κ2) is 9.99. The molecular weight excluding hydrogens is 390 g/mol. The van der Waals surface area contributed by atoms with Crippen LogP contribution in [0.15, 0.2) is 34.9 Å². The number of carboxylic acid groups (broad SMARTS) is 1. The zero-order valence-corrected chi connectivity index (χ0v) is 18.8. The molecule has 0 radical (unpaired) electrons. The maximum absolute atomic E-state index is 11.6. The van der Waals surface area contributed by atoms with E-state index in [1.165, 1.54) is 24.8 Å². The molecule has 1 heterocycles. The summed E-state index contributed by atoms with van der Waals surface area (Å²) in [5.41, 5.74) is 3.25. The average molecular weight is 426 g/mol. The van der Waals surface area contributed by atoms with Crippen molar-refractivity contribution in [1.82, 2.24) is 5.16 Å². The molecule has 2 fully saturated rings. The summed E-state index contributed by atoms with van der Waals surface area (Å²) in [6.07, 6.45) is 6.66. The Hall–Kier alpha value is -2.14. The van der Waals surface area contributed by atoms with Crippen molar-refractivity contribution in [3.8, 4) is 0 Å². The van der Waals surface area contributed by atoms with Gasteiger partial charge in [0.1, 0.15) is 5.76 Å². The van der Waals surface area contributed by atoms with E-state index >= 15 is 0 Å². The number of aliphatic carboxylic acids is 1. The van der Waals surface area contributed by atoms with Crippen molar-refractivity contribution in [3.63, 3.8) is 0 Å². The number of rotatable bonds is 12. The van der Waals surface area contributed by atoms with Crippen LogP contribution >= 0.6 is 0 Å². The smallest absolute Gasteiger partial charge is 0.304 e. The van der Waals surface area contributed by atoms with Gasteiger partial charge in [-0.25, -0.2) is 0 Å². The van der Waals surface area contributed by atoms with E-state index in [9.17, 15) is 9.90 Å². The lowest BCUT2D eigenvalue weighted by Gasteiger charge is -2.35. The molecule has 0 amide bonds. The maximum Gasteiger partial charge on any atom is 0.304 e. The lowest BCUT2D eigenvalue weighted by Crippen LogP contribution is -2.23. The molecular formula is C26H35NO4. The number of ether oxygens (including phenoxy) is 1. The first-order valence-corrected chi connectivity index (χ1v) is 11.8. The standard InChI is InChI=1S/C26H35NO4/c1-17(2)12-19-13-22(14-19)26-24(20-8-9-20)25(27-31-26)21(15-23(28)29)10-11-30-16-18-6-4-3-5-7-18/h3-7,17,19-22H,8-16H2,1-2H3,(H,28,29)/t19-,21-,22+/m1/s1. The van der Waals surface area contributed by atoms with E-state index in [1.54, 1.807) is 0 Å². The number of nitrogens with zero attached hydrogens (tertiary/aromatic N) is 1. The van der Waals surface area contributed by atoms with Crippen LogP contribution in [0.25, 0.3) is 0 Å². The van der Waals surface area contributed by atoms with Gasteiger partial charge >= 0.3 is 5.97 Å². The number of hydrogen-bond donors (Lipinski definition) is 1. The van der Waals surface area contributed by atoms with Gasteiger partial charge in [0.05, 0.1) is 18.7 Å². The van der Waals surface area contributed by atoms with Crippen LogP contribution in [0, 0.1) is 11.8 Å². The first-order valence-electron chi connectivity index (χ1n) is 11.8. The van der Waals surface area contributed by atoms with E-state index in [1.807, 2.05) is 30.3 Å². The van der Waals surface area contributed by atoms with Crippen LogP contribution in [-0.2, 0) is 16.1 Å². The highest BCUT2D eigenvalue weighted by Gasteiger charge is 2.41. The second-order valence-corrected chi connectivity index (χ2v) is 9.91. The van der Waals surface area contributed by atoms with Gasteiger partial charge in [0.2, 0.25) is 0 Å². The number of hydrogen-bond acceptors (Lipinski definition) is 4. The zero-order chi connectivity index (χ0) is 21.8. The van der Waals surface area contributed by atoms with Crippen LogP contribution in [0.4, 0.5) is 0 Å². The molecule has 1 N–H and O–H groups in total. The summed E-state index contributed by atoms with van der Waals surface area (Å²) in [5, 5.41) is 14.0. The van der Waals surface area contributed by atoms with Gasteiger partial charge in [0, 0.05) is 24.0 Å². The molecule has 1 atom stereocenters. The summed E-state index contributed by atoms with van der Waals surface area (Å²) in [7, 11) is 0. The number of carbonyl (C=O) groups is 1. The van der Waals surface area contributed by atoms with Crippen molar-refractivity contribution in [1.29, 1.82) is 0 Å². The van der Waals surface area contributed by atoms with Crippen LogP contribution in [0.3, 0.4) is 0 Å². The van der Waals surface area contributed by atoms with E-state index < -0.39 is 5.97 Å². The fraction of sp³-hybridized carbons (Fsp3) is 0.615. The molecule has 5 nitrogen and oxygen atoms in total. The Morgan fingerprint density at radius 3 is 2.58 bits per heavy atom. The number of benzene rings is 1. The number of aromatic nitrogens is 1. The highest BCUT2D eigenvalue weighted by atomic mass is 16.5. The molecule has 31 heavy (non-hydrogen) atoms. The second-order valence-electron chi connectivity index (χ2n) is 9.91. The Morgan fingerprint density at radius 1 is 1.19 bits per heavy atom. The molecule has 0 unspecified atom stereocenters. The molecule has 1 aromatic heterocycles. The van der Waals surface area contributed by atoms with Gasteiger partial charge < -0.3 is 14.4 Å². The molecule has 0 bridgehead atoms. The van der Waals surface area contributed by atoms with Gasteiger partial charge in [-0.2, -0.15) is 0 Å². The Balaban J connectivity index is 1.41. The van der Waals surface area contributed by atoms with Crippen LogP contribution < -0.4 is 0 Å². The molecule has 168 valence electrons. The summed E-state index contributed by atoms with van der Waals surface area (Å²) in [6, 6.07) is 10.1. The molecule has 1 aromatic carbocycles. The summed E-state index contributed by atoms with van der Waals surface area (Å²) in [6.45, 7) is 5.62. The first-order chi connectivity index (χ1) is 15.0. The van der Waals surface area contributed by atoms with Gasteiger partial charge in [-0.15, -0.1) is 0 Å². The lowest BCUT2D eigenvalue weighted by molar-refractivity contribution is -0.137. The van der Waals surface area contributed by atoms with Crippen molar-refractivity contribution in [2.45, 2.75) is 83.2 Å². The third-order valence-electron chi connectivity index (χ3n) is 6.71. The SMILES string of the molecule is CC(C)C[C@H]1C[C@@H](c2onc([C@H](CCOCc3ccccc3)CC(=O)O)c2C2CC2)C1. The van der Waals surface area contributed by atoms with E-state index in [2.05, 4.69) is 19.0 Å². The predicted octanol–water partition coefficient (Wildman–Crippen LogP) is 6.26. The minimum Gasteiger partial charge on any atom is -0.481 e. The van der Waals surface area contributed by atoms with Crippen molar-refractivity contribution < 1.29 is 19.2 Å². The molecule has 2 aliphatic carbocycles. The largest absolute Gasteiger partial charge is 0.481 e. The molecule has 0 saturated heterocycles. The van der Waals surface area contributed by atoms with E-state index in [4.69, 9.17) is 9.26 Å². The van der Waals surface area contributed by atoms with Crippen LogP contribution in [0.1, 0.15) is 99.1 Å². The zero-order valence-electron chi connectivity index (χ0n) is 18.8. The maximum atomic E-state index is 11.6. The third kappa shape index (κ3) is 5.76. The van der Waals surface area contributed by atoms with Crippen molar-refractivity contribution in [2.75, 3.05) is 6.61 Å². The van der Waals surface area contributed by atoms with Gasteiger partial charge in [0.25, 0.3) is 0 Å². The molecule has 0 spiro atoms. The monoisotopic (exact) mass is 425 g/mol. The minimum absolute atomic E-state index is 0.0705. The molecule has 2 aliphatic rings. The molecule has 0 aliphatic heterocycles. The first kappa shape index (κ1) is 22.1. The topological polar surface area (TPSA) is 72.6 Å². The number of carboxylic acids is 1. The van der Waals surface area contributed by atoms with Crippen LogP contribution in [0.2, 0.25) is 0 Å². The molecule has 5 heteroatoms. The highest BCUT2D eigenvalue weighted by molar-refractivity contribution is 5.68. The van der Waals surface area contributed by atoms with E-state index in [0.717, 1.165) is 41.7 Å². The van der Waals surface area contributed by atoms with Crippen molar-refractivity contribution in [3.05, 3.63) is 52.9 Å². The summed E-state index contributed by atoms with van der Waals surface area (Å²) in [5.74, 6) is 2.58. The van der Waals surface area contributed by atoms with Gasteiger partial charge in [-0.3, -0.25) is 4.79 Å². The highest BCUT2D eigenvalue weighted by Crippen LogP contribution is 2.52. The quantitative estimate of drug-likeness (QED) is 0.407. The molecule has 2 saturated carbocycles. The third-order valence-corrected chi connectivity index (χ3v) is 6.71. The summed E-state index contributed by atoms with van der Waals surface area (Å²) < 4.78 is 11.8. The minimum atomic E-state index is -0.792. The van der Waals surface area contributed by atoms with Crippen LogP contribution in [-0.4, -0.2) is 22.8 Å². The summed E-state index contributed by atoms with van der Waals surface area (Å²) >= 11 is 0. The normalized spacial score (nSPS) is 21.8. The fourth-order valence-corrected chi connectivity index (χ4v) is 5.04. The fourth-order valence-electron chi connectivity index (χ4n) is 5.04. The average Bonchev–Trinajstić information content (AvgIpc) is 3.46. The van der Waals surface area contributed by atoms with Crippen LogP contribution in [0.5, 0.6) is 0 Å². The van der Waals surface area contributed by atoms with Gasteiger partial charge in [0.15, 0.2) is 0 Å². The Bertz CT molecular complexity index is 850. The Morgan fingerprint density at radius 2 is 1.94 bits per heavy atom. The van der Waals surface area contributed by atoms with Gasteiger partial charge in [-0.05, 0) is 61.8 Å².